The van der Waals surface area contributed by atoms with Gasteiger partial charge in [0.2, 0.25) is 0 Å². The maximum atomic E-state index is 6.15. The number of anilines is 1. The zero-order valence-electron chi connectivity index (χ0n) is 11.1. The molecule has 0 amide bonds. The highest BCUT2D eigenvalue weighted by molar-refractivity contribution is 14.1. The third-order valence-corrected chi connectivity index (χ3v) is 6.04. The first-order valence-electron chi connectivity index (χ1n) is 6.58. The van der Waals surface area contributed by atoms with Gasteiger partial charge >= 0.3 is 0 Å². The second kappa shape index (κ2) is 6.16. The molecule has 0 aromatic heterocycles. The van der Waals surface area contributed by atoms with Crippen LogP contribution in [0.3, 0.4) is 0 Å². The molecule has 0 bridgehead atoms. The molecule has 0 saturated carbocycles. The van der Waals surface area contributed by atoms with Crippen molar-refractivity contribution in [2.75, 3.05) is 11.1 Å². The maximum Gasteiger partial charge on any atom is 0.0533 e. The summed E-state index contributed by atoms with van der Waals surface area (Å²) < 4.78 is 1.30. The van der Waals surface area contributed by atoms with Gasteiger partial charge in [0, 0.05) is 24.9 Å². The Morgan fingerprint density at radius 3 is 2.90 bits per heavy atom. The van der Waals surface area contributed by atoms with E-state index in [1.165, 1.54) is 25.3 Å². The molecule has 1 unspecified atom stereocenters. The Morgan fingerprint density at radius 2 is 2.10 bits per heavy atom. The molecule has 4 heteroatoms. The SMILES string of the molecule is Cc1ccc(NC2CCSc3ccc(Cl)cc32)cc1I. The number of hydrogen-bond acceptors (Lipinski definition) is 2. The second-order valence-corrected chi connectivity index (χ2v) is 7.72. The molecule has 0 aliphatic carbocycles. The van der Waals surface area contributed by atoms with E-state index >= 15 is 0 Å². The van der Waals surface area contributed by atoms with Crippen molar-refractivity contribution < 1.29 is 0 Å². The molecule has 0 spiro atoms. The third kappa shape index (κ3) is 3.10. The van der Waals surface area contributed by atoms with Gasteiger partial charge in [-0.1, -0.05) is 17.7 Å². The van der Waals surface area contributed by atoms with Crippen LogP contribution in [0.1, 0.15) is 23.6 Å². The van der Waals surface area contributed by atoms with E-state index in [4.69, 9.17) is 11.6 Å². The Bertz CT molecular complexity index is 644. The summed E-state index contributed by atoms with van der Waals surface area (Å²) in [7, 11) is 0. The van der Waals surface area contributed by atoms with E-state index in [2.05, 4.69) is 65.2 Å². The molecule has 0 fully saturated rings. The lowest BCUT2D eigenvalue weighted by Gasteiger charge is -2.27. The first-order valence-corrected chi connectivity index (χ1v) is 9.02. The molecule has 1 N–H and O–H groups in total. The van der Waals surface area contributed by atoms with Crippen molar-refractivity contribution in [1.29, 1.82) is 0 Å². The molecule has 2 aromatic rings. The Hall–Kier alpha value is -0.390. The normalized spacial score (nSPS) is 17.6. The lowest BCUT2D eigenvalue weighted by Crippen LogP contribution is -2.16. The molecule has 1 aliphatic heterocycles. The van der Waals surface area contributed by atoms with Crippen LogP contribution in [0.25, 0.3) is 0 Å². The summed E-state index contributed by atoms with van der Waals surface area (Å²) in [6.45, 7) is 2.14. The fourth-order valence-corrected chi connectivity index (χ4v) is 4.20. The van der Waals surface area contributed by atoms with Crippen LogP contribution in [0.2, 0.25) is 5.02 Å². The van der Waals surface area contributed by atoms with Crippen molar-refractivity contribution in [1.82, 2.24) is 0 Å². The van der Waals surface area contributed by atoms with Gasteiger partial charge in [0.1, 0.15) is 0 Å². The van der Waals surface area contributed by atoms with Crippen molar-refractivity contribution >= 4 is 51.6 Å². The summed E-state index contributed by atoms with van der Waals surface area (Å²) in [5, 5.41) is 4.47. The third-order valence-electron chi connectivity index (χ3n) is 3.52. The number of fused-ring (bicyclic) bond motifs is 1. The number of benzene rings is 2. The van der Waals surface area contributed by atoms with Crippen molar-refractivity contribution in [3.63, 3.8) is 0 Å². The van der Waals surface area contributed by atoms with Gasteiger partial charge in [-0.2, -0.15) is 0 Å². The minimum atomic E-state index is 0.350. The Kier molecular flexibility index (Phi) is 4.48. The average Bonchev–Trinajstić information content (AvgIpc) is 2.44. The molecule has 1 nitrogen and oxygen atoms in total. The van der Waals surface area contributed by atoms with Gasteiger partial charge in [0.05, 0.1) is 6.04 Å². The Morgan fingerprint density at radius 1 is 1.25 bits per heavy atom. The molecule has 1 heterocycles. The molecule has 0 saturated heterocycles. The summed E-state index contributed by atoms with van der Waals surface area (Å²) in [4.78, 5) is 1.35. The zero-order chi connectivity index (χ0) is 14.1. The van der Waals surface area contributed by atoms with Gasteiger partial charge in [-0.3, -0.25) is 0 Å². The molecular formula is C16H15ClINS. The number of hydrogen-bond donors (Lipinski definition) is 1. The maximum absolute atomic E-state index is 6.15. The molecule has 20 heavy (non-hydrogen) atoms. The number of thioether (sulfide) groups is 1. The van der Waals surface area contributed by atoms with E-state index in [1.807, 2.05) is 17.8 Å². The minimum Gasteiger partial charge on any atom is -0.378 e. The monoisotopic (exact) mass is 415 g/mol. The topological polar surface area (TPSA) is 12.0 Å². The number of halogens is 2. The van der Waals surface area contributed by atoms with Crippen LogP contribution in [-0.4, -0.2) is 5.75 Å². The second-order valence-electron chi connectivity index (χ2n) is 4.98. The largest absolute Gasteiger partial charge is 0.378 e. The molecule has 1 aliphatic rings. The van der Waals surface area contributed by atoms with Gasteiger partial charge in [-0.25, -0.2) is 0 Å². The van der Waals surface area contributed by atoms with Gasteiger partial charge in [-0.15, -0.1) is 11.8 Å². The predicted molar refractivity (Wildman–Crippen MR) is 97.1 cm³/mol. The van der Waals surface area contributed by atoms with E-state index in [9.17, 15) is 0 Å². The highest BCUT2D eigenvalue weighted by atomic mass is 127. The summed E-state index contributed by atoms with van der Waals surface area (Å²) >= 11 is 10.5. The van der Waals surface area contributed by atoms with Gasteiger partial charge in [-0.05, 0) is 77.4 Å². The van der Waals surface area contributed by atoms with Gasteiger partial charge in [0.15, 0.2) is 0 Å². The summed E-state index contributed by atoms with van der Waals surface area (Å²) in [6.07, 6.45) is 1.13. The van der Waals surface area contributed by atoms with Gasteiger partial charge < -0.3 is 5.32 Å². The van der Waals surface area contributed by atoms with E-state index < -0.39 is 0 Å². The summed E-state index contributed by atoms with van der Waals surface area (Å²) in [5.41, 5.74) is 3.82. The van der Waals surface area contributed by atoms with Crippen molar-refractivity contribution in [3.8, 4) is 0 Å². The van der Waals surface area contributed by atoms with Crippen LogP contribution >= 0.6 is 46.0 Å². The highest BCUT2D eigenvalue weighted by Crippen LogP contribution is 2.39. The Balaban J connectivity index is 1.89. The zero-order valence-corrected chi connectivity index (χ0v) is 14.8. The standard InChI is InChI=1S/C16H15ClINS/c1-10-2-4-12(9-14(10)18)19-15-6-7-20-16-5-3-11(17)8-13(15)16/h2-5,8-9,15,19H,6-7H2,1H3. The van der Waals surface area contributed by atoms with E-state index in [1.54, 1.807) is 0 Å². The quantitative estimate of drug-likeness (QED) is 0.613. The van der Waals surface area contributed by atoms with Crippen molar-refractivity contribution in [2.45, 2.75) is 24.3 Å². The van der Waals surface area contributed by atoms with Gasteiger partial charge in [0.25, 0.3) is 0 Å². The minimum absolute atomic E-state index is 0.350. The molecule has 104 valence electrons. The lowest BCUT2D eigenvalue weighted by atomic mass is 10.0. The molecule has 2 aromatic carbocycles. The summed E-state index contributed by atoms with van der Waals surface area (Å²) in [6, 6.07) is 13.1. The van der Waals surface area contributed by atoms with E-state index in [0.717, 1.165) is 17.2 Å². The fraction of sp³-hybridized carbons (Fsp3) is 0.250. The number of nitrogens with one attached hydrogen (secondary N) is 1. The van der Waals surface area contributed by atoms with Crippen LogP contribution in [-0.2, 0) is 0 Å². The smallest absolute Gasteiger partial charge is 0.0533 e. The van der Waals surface area contributed by atoms with Crippen molar-refractivity contribution in [3.05, 3.63) is 56.1 Å². The molecule has 0 radical (unpaired) electrons. The molecule has 3 rings (SSSR count). The van der Waals surface area contributed by atoms with Crippen LogP contribution in [0, 0.1) is 10.5 Å². The van der Waals surface area contributed by atoms with Crippen LogP contribution < -0.4 is 5.32 Å². The number of rotatable bonds is 2. The predicted octanol–water partition coefficient (Wildman–Crippen LogP) is 5.90. The fourth-order valence-electron chi connectivity index (χ4n) is 2.40. The van der Waals surface area contributed by atoms with Crippen LogP contribution in [0.5, 0.6) is 0 Å². The average molecular weight is 416 g/mol. The summed E-state index contributed by atoms with van der Waals surface area (Å²) in [5.74, 6) is 1.15. The van der Waals surface area contributed by atoms with Crippen LogP contribution in [0.4, 0.5) is 5.69 Å². The highest BCUT2D eigenvalue weighted by Gasteiger charge is 2.21. The van der Waals surface area contributed by atoms with Crippen LogP contribution in [0.15, 0.2) is 41.3 Å². The Labute approximate surface area is 142 Å². The van der Waals surface area contributed by atoms with E-state index in [-0.39, 0.29) is 0 Å². The number of aryl methyl sites for hydroxylation is 1. The first-order chi connectivity index (χ1) is 9.63. The lowest BCUT2D eigenvalue weighted by molar-refractivity contribution is 0.728. The molecular weight excluding hydrogens is 401 g/mol. The first kappa shape index (κ1) is 14.5. The van der Waals surface area contributed by atoms with Crippen molar-refractivity contribution in [2.24, 2.45) is 0 Å². The van der Waals surface area contributed by atoms with E-state index in [0.29, 0.717) is 6.04 Å². The molecule has 1 atom stereocenters.